The number of hydrogen-bond donors (Lipinski definition) is 2. The van der Waals surface area contributed by atoms with E-state index in [2.05, 4.69) is 10.6 Å². The van der Waals surface area contributed by atoms with Gasteiger partial charge in [0, 0.05) is 5.69 Å². The molecule has 1 aliphatic heterocycles. The summed E-state index contributed by atoms with van der Waals surface area (Å²) >= 11 is 0. The first kappa shape index (κ1) is 19.6. The Kier molecular flexibility index (Phi) is 5.49. The minimum atomic E-state index is -1.13. The van der Waals surface area contributed by atoms with Crippen LogP contribution in [0.3, 0.4) is 0 Å². The van der Waals surface area contributed by atoms with Crippen LogP contribution in [0.15, 0.2) is 54.6 Å². The molecule has 2 aromatic carbocycles. The van der Waals surface area contributed by atoms with Gasteiger partial charge in [-0.3, -0.25) is 14.5 Å². The lowest BCUT2D eigenvalue weighted by Gasteiger charge is -2.25. The average molecular weight is 379 g/mol. The lowest BCUT2D eigenvalue weighted by Crippen LogP contribution is -2.44. The zero-order valence-electron chi connectivity index (χ0n) is 16.4. The first-order valence-corrected chi connectivity index (χ1v) is 9.47. The topological polar surface area (TPSA) is 78.5 Å². The van der Waals surface area contributed by atoms with E-state index in [1.54, 1.807) is 0 Å². The van der Waals surface area contributed by atoms with E-state index in [-0.39, 0.29) is 12.5 Å². The van der Waals surface area contributed by atoms with Crippen molar-refractivity contribution in [3.8, 4) is 0 Å². The fourth-order valence-electron chi connectivity index (χ4n) is 3.58. The number of carbonyl (C=O) groups is 3. The minimum absolute atomic E-state index is 0.235. The van der Waals surface area contributed by atoms with E-state index in [0.29, 0.717) is 17.7 Å². The van der Waals surface area contributed by atoms with Crippen LogP contribution in [0.5, 0.6) is 0 Å². The molecule has 0 saturated carbocycles. The molecule has 0 radical (unpaired) electrons. The second-order valence-corrected chi connectivity index (χ2v) is 7.24. The third kappa shape index (κ3) is 3.50. The highest BCUT2D eigenvalue weighted by Crippen LogP contribution is 2.32. The third-order valence-corrected chi connectivity index (χ3v) is 5.13. The van der Waals surface area contributed by atoms with E-state index >= 15 is 0 Å². The number of carbonyl (C=O) groups excluding carboxylic acids is 3. The van der Waals surface area contributed by atoms with E-state index in [9.17, 15) is 14.4 Å². The Hall–Kier alpha value is -3.15. The van der Waals surface area contributed by atoms with Crippen molar-refractivity contribution in [1.82, 2.24) is 10.2 Å². The van der Waals surface area contributed by atoms with Crippen LogP contribution >= 0.6 is 0 Å². The van der Waals surface area contributed by atoms with Crippen LogP contribution in [0, 0.1) is 0 Å². The monoisotopic (exact) mass is 379 g/mol. The summed E-state index contributed by atoms with van der Waals surface area (Å²) in [7, 11) is 0. The molecule has 0 spiro atoms. The van der Waals surface area contributed by atoms with Gasteiger partial charge in [0.15, 0.2) is 0 Å². The summed E-state index contributed by atoms with van der Waals surface area (Å²) in [5, 5.41) is 5.62. The van der Waals surface area contributed by atoms with Gasteiger partial charge in [0.2, 0.25) is 5.91 Å². The van der Waals surface area contributed by atoms with E-state index in [1.165, 1.54) is 0 Å². The molecule has 6 heteroatoms. The average Bonchev–Trinajstić information content (AvgIpc) is 2.94. The summed E-state index contributed by atoms with van der Waals surface area (Å²) in [6.45, 7) is 5.59. The summed E-state index contributed by atoms with van der Waals surface area (Å²) in [6, 6.07) is 16.1. The molecule has 0 aromatic heterocycles. The molecule has 1 fully saturated rings. The van der Waals surface area contributed by atoms with Crippen LogP contribution in [0.25, 0.3) is 0 Å². The van der Waals surface area contributed by atoms with Crippen molar-refractivity contribution in [2.45, 2.75) is 38.6 Å². The smallest absolute Gasteiger partial charge is 0.324 e. The van der Waals surface area contributed by atoms with Gasteiger partial charge in [0.05, 0.1) is 0 Å². The normalized spacial score (nSPS) is 19.1. The molecular formula is C22H25N3O3. The second-order valence-electron chi connectivity index (χ2n) is 7.24. The van der Waals surface area contributed by atoms with Crippen molar-refractivity contribution in [2.75, 3.05) is 11.9 Å². The maximum atomic E-state index is 13.1. The zero-order chi connectivity index (χ0) is 20.3. The molecular weight excluding hydrogens is 354 g/mol. The second kappa shape index (κ2) is 7.84. The number of rotatable bonds is 6. The lowest BCUT2D eigenvalue weighted by atomic mass is 9.87. The largest absolute Gasteiger partial charge is 0.325 e. The van der Waals surface area contributed by atoms with Gasteiger partial charge in [-0.1, -0.05) is 69.3 Å². The predicted molar refractivity (Wildman–Crippen MR) is 108 cm³/mol. The quantitative estimate of drug-likeness (QED) is 0.753. The fraction of sp³-hybridized carbons (Fsp3) is 0.318. The first-order valence-electron chi connectivity index (χ1n) is 9.47. The van der Waals surface area contributed by atoms with Gasteiger partial charge < -0.3 is 10.6 Å². The Morgan fingerprint density at radius 3 is 2.36 bits per heavy atom. The van der Waals surface area contributed by atoms with Gasteiger partial charge in [0.25, 0.3) is 5.91 Å². The standard InChI is InChI=1S/C22H25N3O3/c1-4-22(16-10-6-5-7-11-16)20(27)25(21(28)24-22)14-19(26)23-18-13-9-8-12-17(18)15(2)3/h5-13,15H,4,14H2,1-3H3,(H,23,26)(H,24,28). The van der Waals surface area contributed by atoms with Crippen molar-refractivity contribution in [1.29, 1.82) is 0 Å². The maximum absolute atomic E-state index is 13.1. The Morgan fingerprint density at radius 2 is 1.71 bits per heavy atom. The fourth-order valence-corrected chi connectivity index (χ4v) is 3.58. The lowest BCUT2D eigenvalue weighted by molar-refractivity contribution is -0.134. The summed E-state index contributed by atoms with van der Waals surface area (Å²) in [5.74, 6) is -0.575. The molecule has 1 heterocycles. The molecule has 146 valence electrons. The summed E-state index contributed by atoms with van der Waals surface area (Å²) in [5.41, 5.74) is 1.28. The number of benzene rings is 2. The first-order chi connectivity index (χ1) is 13.4. The van der Waals surface area contributed by atoms with Gasteiger partial charge in [-0.25, -0.2) is 4.79 Å². The predicted octanol–water partition coefficient (Wildman–Crippen LogP) is 3.61. The molecule has 1 atom stereocenters. The van der Waals surface area contributed by atoms with Crippen LogP contribution in [-0.4, -0.2) is 29.3 Å². The van der Waals surface area contributed by atoms with E-state index < -0.39 is 23.4 Å². The zero-order valence-corrected chi connectivity index (χ0v) is 16.4. The number of imide groups is 1. The third-order valence-electron chi connectivity index (χ3n) is 5.13. The minimum Gasteiger partial charge on any atom is -0.324 e. The van der Waals surface area contributed by atoms with Crippen LogP contribution in [0.2, 0.25) is 0 Å². The molecule has 2 aromatic rings. The van der Waals surface area contributed by atoms with Gasteiger partial charge in [-0.05, 0) is 29.5 Å². The molecule has 1 aliphatic rings. The van der Waals surface area contributed by atoms with Crippen LogP contribution in [-0.2, 0) is 15.1 Å². The van der Waals surface area contributed by atoms with Crippen LogP contribution < -0.4 is 10.6 Å². The Bertz CT molecular complexity index is 895. The SMILES string of the molecule is CCC1(c2ccccc2)NC(=O)N(CC(=O)Nc2ccccc2C(C)C)C1=O. The van der Waals surface area contributed by atoms with Crippen molar-refractivity contribution in [2.24, 2.45) is 0 Å². The van der Waals surface area contributed by atoms with Gasteiger partial charge in [-0.15, -0.1) is 0 Å². The van der Waals surface area contributed by atoms with E-state index in [1.807, 2.05) is 75.4 Å². The van der Waals surface area contributed by atoms with E-state index in [4.69, 9.17) is 0 Å². The van der Waals surface area contributed by atoms with Crippen LogP contribution in [0.1, 0.15) is 44.2 Å². The highest BCUT2D eigenvalue weighted by Gasteiger charge is 2.51. The number of hydrogen-bond acceptors (Lipinski definition) is 3. The van der Waals surface area contributed by atoms with Gasteiger partial charge >= 0.3 is 6.03 Å². The Morgan fingerprint density at radius 1 is 1.07 bits per heavy atom. The molecule has 4 amide bonds. The Balaban J connectivity index is 1.79. The number of para-hydroxylation sites is 1. The molecule has 3 rings (SSSR count). The highest BCUT2D eigenvalue weighted by molar-refractivity contribution is 6.10. The summed E-state index contributed by atoms with van der Waals surface area (Å²) in [4.78, 5) is 39.2. The van der Waals surface area contributed by atoms with Crippen molar-refractivity contribution in [3.63, 3.8) is 0 Å². The number of nitrogens with one attached hydrogen (secondary N) is 2. The van der Waals surface area contributed by atoms with Crippen molar-refractivity contribution >= 4 is 23.5 Å². The number of urea groups is 1. The van der Waals surface area contributed by atoms with Crippen LogP contribution in [0.4, 0.5) is 10.5 Å². The highest BCUT2D eigenvalue weighted by atomic mass is 16.2. The molecule has 1 saturated heterocycles. The van der Waals surface area contributed by atoms with E-state index in [0.717, 1.165) is 10.5 Å². The molecule has 1 unspecified atom stereocenters. The Labute approximate surface area is 164 Å². The molecule has 0 aliphatic carbocycles. The number of nitrogens with zero attached hydrogens (tertiary/aromatic N) is 1. The van der Waals surface area contributed by atoms with Gasteiger partial charge in [0.1, 0.15) is 12.1 Å². The number of anilines is 1. The molecule has 28 heavy (non-hydrogen) atoms. The van der Waals surface area contributed by atoms with Crippen molar-refractivity contribution in [3.05, 3.63) is 65.7 Å². The number of amides is 4. The maximum Gasteiger partial charge on any atom is 0.325 e. The molecule has 2 N–H and O–H groups in total. The van der Waals surface area contributed by atoms with Crippen molar-refractivity contribution < 1.29 is 14.4 Å². The molecule has 0 bridgehead atoms. The summed E-state index contributed by atoms with van der Waals surface area (Å²) in [6.07, 6.45) is 0.399. The molecule has 6 nitrogen and oxygen atoms in total. The van der Waals surface area contributed by atoms with Gasteiger partial charge in [-0.2, -0.15) is 0 Å². The summed E-state index contributed by atoms with van der Waals surface area (Å²) < 4.78 is 0.